The molecule has 0 radical (unpaired) electrons. The number of rotatable bonds is 8. The molecule has 0 aliphatic heterocycles. The Morgan fingerprint density at radius 1 is 1.06 bits per heavy atom. The van der Waals surface area contributed by atoms with Crippen molar-refractivity contribution in [3.63, 3.8) is 0 Å². The highest BCUT2D eigenvalue weighted by Gasteiger charge is 2.59. The minimum absolute atomic E-state index is 0.342. The van der Waals surface area contributed by atoms with Gasteiger partial charge < -0.3 is 5.11 Å². The van der Waals surface area contributed by atoms with Crippen molar-refractivity contribution in [3.8, 4) is 0 Å². The van der Waals surface area contributed by atoms with Crippen molar-refractivity contribution in [2.45, 2.75) is 119 Å². The van der Waals surface area contributed by atoms with E-state index < -0.39 is 5.97 Å². The maximum atomic E-state index is 11.3. The third kappa shape index (κ3) is 4.58. The van der Waals surface area contributed by atoms with E-state index in [1.54, 1.807) is 5.57 Å². The highest BCUT2D eigenvalue weighted by molar-refractivity contribution is 5.67. The predicted molar refractivity (Wildman–Crippen MR) is 138 cm³/mol. The molecule has 4 rings (SSSR count). The van der Waals surface area contributed by atoms with Crippen LogP contribution in [0.1, 0.15) is 119 Å². The Morgan fingerprint density at radius 3 is 2.48 bits per heavy atom. The maximum absolute atomic E-state index is 11.3. The quantitative estimate of drug-likeness (QED) is 0.371. The summed E-state index contributed by atoms with van der Waals surface area (Å²) in [6, 6.07) is 0. The normalized spacial score (nSPS) is 42.2. The zero-order valence-corrected chi connectivity index (χ0v) is 22.5. The van der Waals surface area contributed by atoms with Crippen LogP contribution >= 0.6 is 0 Å². The fourth-order valence-electron chi connectivity index (χ4n) is 9.82. The van der Waals surface area contributed by atoms with Crippen molar-refractivity contribution >= 4 is 5.97 Å². The first kappa shape index (κ1) is 25.3. The van der Waals surface area contributed by atoms with E-state index in [1.165, 1.54) is 57.8 Å². The van der Waals surface area contributed by atoms with Crippen molar-refractivity contribution in [1.82, 2.24) is 0 Å². The van der Waals surface area contributed by atoms with Crippen LogP contribution in [0.2, 0.25) is 0 Å². The number of hydrogen-bond donors (Lipinski definition) is 1. The molecule has 0 aromatic rings. The summed E-state index contributed by atoms with van der Waals surface area (Å²) in [6.45, 7) is 15.0. The van der Waals surface area contributed by atoms with E-state index >= 15 is 0 Å². The van der Waals surface area contributed by atoms with Crippen molar-refractivity contribution in [2.75, 3.05) is 0 Å². The molecule has 9 unspecified atom stereocenters. The van der Waals surface area contributed by atoms with Crippen LogP contribution in [0.4, 0.5) is 0 Å². The fraction of sp³-hybridized carbons (Fsp3) is 0.903. The molecule has 3 fully saturated rings. The van der Waals surface area contributed by atoms with E-state index in [2.05, 4.69) is 47.6 Å². The molecule has 2 nitrogen and oxygen atoms in total. The number of carboxylic acid groups (broad SMARTS) is 1. The van der Waals surface area contributed by atoms with E-state index in [1.807, 2.05) is 0 Å². The lowest BCUT2D eigenvalue weighted by Crippen LogP contribution is -2.50. The Labute approximate surface area is 204 Å². The van der Waals surface area contributed by atoms with Gasteiger partial charge in [-0.3, -0.25) is 4.79 Å². The average molecular weight is 457 g/mol. The molecular formula is C31H52O2. The summed E-state index contributed by atoms with van der Waals surface area (Å²) in [7, 11) is 0. The van der Waals surface area contributed by atoms with Crippen LogP contribution < -0.4 is 0 Å². The average Bonchev–Trinajstić information content (AvgIpc) is 3.11. The third-order valence-electron chi connectivity index (χ3n) is 11.9. The molecule has 188 valence electrons. The number of hydrogen-bond acceptors (Lipinski definition) is 1. The van der Waals surface area contributed by atoms with E-state index in [4.69, 9.17) is 0 Å². The fourth-order valence-corrected chi connectivity index (χ4v) is 9.82. The zero-order chi connectivity index (χ0) is 24.0. The molecule has 0 heterocycles. The molecule has 1 N–H and O–H groups in total. The summed E-state index contributed by atoms with van der Waals surface area (Å²) < 4.78 is 0. The van der Waals surface area contributed by atoms with Gasteiger partial charge in [0.2, 0.25) is 0 Å². The minimum atomic E-state index is -0.615. The van der Waals surface area contributed by atoms with Crippen LogP contribution in [0, 0.1) is 58.2 Å². The summed E-state index contributed by atoms with van der Waals surface area (Å²) in [5.74, 6) is 5.84. The van der Waals surface area contributed by atoms with E-state index in [0.29, 0.717) is 23.2 Å². The molecule has 0 aromatic carbocycles. The Kier molecular flexibility index (Phi) is 7.43. The van der Waals surface area contributed by atoms with Crippen molar-refractivity contribution in [3.05, 3.63) is 11.6 Å². The second kappa shape index (κ2) is 9.69. The van der Waals surface area contributed by atoms with Crippen LogP contribution in [-0.2, 0) is 4.79 Å². The molecule has 3 saturated carbocycles. The Morgan fingerprint density at radius 2 is 1.82 bits per heavy atom. The summed E-state index contributed by atoms with van der Waals surface area (Å²) in [6.07, 6.45) is 17.5. The third-order valence-corrected chi connectivity index (χ3v) is 11.9. The lowest BCUT2D eigenvalue weighted by atomic mass is 9.46. The van der Waals surface area contributed by atoms with Gasteiger partial charge in [0.05, 0.1) is 0 Å². The van der Waals surface area contributed by atoms with Gasteiger partial charge >= 0.3 is 5.97 Å². The van der Waals surface area contributed by atoms with Crippen LogP contribution in [0.5, 0.6) is 0 Å². The molecule has 2 heteroatoms. The van der Waals surface area contributed by atoms with Crippen molar-refractivity contribution in [1.29, 1.82) is 0 Å². The number of carboxylic acids is 1. The van der Waals surface area contributed by atoms with Crippen LogP contribution in [-0.4, -0.2) is 11.1 Å². The largest absolute Gasteiger partial charge is 0.481 e. The summed E-state index contributed by atoms with van der Waals surface area (Å²) in [4.78, 5) is 11.3. The lowest BCUT2D eigenvalue weighted by molar-refractivity contribution is -0.138. The lowest BCUT2D eigenvalue weighted by Gasteiger charge is -2.58. The second-order valence-electron chi connectivity index (χ2n) is 13.7. The highest BCUT2D eigenvalue weighted by atomic mass is 16.4. The van der Waals surface area contributed by atoms with Crippen LogP contribution in [0.25, 0.3) is 0 Å². The second-order valence-corrected chi connectivity index (χ2v) is 13.7. The summed E-state index contributed by atoms with van der Waals surface area (Å²) in [5, 5.41) is 9.30. The molecule has 0 amide bonds. The number of allylic oxidation sites excluding steroid dienone is 2. The van der Waals surface area contributed by atoms with E-state index in [0.717, 1.165) is 54.3 Å². The van der Waals surface area contributed by atoms with Gasteiger partial charge in [-0.1, -0.05) is 66.0 Å². The van der Waals surface area contributed by atoms with Crippen LogP contribution in [0.15, 0.2) is 11.6 Å². The summed E-state index contributed by atoms with van der Waals surface area (Å²) in [5.41, 5.74) is 2.52. The van der Waals surface area contributed by atoms with Gasteiger partial charge in [-0.15, -0.1) is 0 Å². The van der Waals surface area contributed by atoms with Crippen molar-refractivity contribution in [2.24, 2.45) is 58.2 Å². The topological polar surface area (TPSA) is 37.3 Å². The minimum Gasteiger partial charge on any atom is -0.481 e. The number of carbonyl (C=O) groups is 1. The molecular weight excluding hydrogens is 404 g/mol. The molecule has 0 aromatic heterocycles. The molecule has 9 atom stereocenters. The molecule has 0 bridgehead atoms. The highest BCUT2D eigenvalue weighted by Crippen LogP contribution is 2.67. The van der Waals surface area contributed by atoms with Gasteiger partial charge in [-0.2, -0.15) is 0 Å². The Balaban J connectivity index is 1.46. The molecule has 4 aliphatic rings. The monoisotopic (exact) mass is 456 g/mol. The van der Waals surface area contributed by atoms with E-state index in [9.17, 15) is 9.90 Å². The van der Waals surface area contributed by atoms with Crippen LogP contribution in [0.3, 0.4) is 0 Å². The standard InChI is InChI=1S/C31H52O2/c1-7-23(20(2)3)9-8-21(4)26-12-13-27-25-11-10-24-18-22(19-29(32)33)14-16-30(24,5)28(25)15-17-31(26,27)6/h10,20-23,25-28H,7-9,11-19H2,1-6H3,(H,32,33). The summed E-state index contributed by atoms with van der Waals surface area (Å²) >= 11 is 0. The maximum Gasteiger partial charge on any atom is 0.303 e. The van der Waals surface area contributed by atoms with E-state index in [-0.39, 0.29) is 0 Å². The first-order valence-electron chi connectivity index (χ1n) is 14.5. The first-order valence-corrected chi connectivity index (χ1v) is 14.5. The SMILES string of the molecule is CCC(CCC(C)C1CCC2C3CC=C4CC(CC(=O)O)CCC4(C)C3CCC12C)C(C)C. The predicted octanol–water partition coefficient (Wildman–Crippen LogP) is 8.75. The van der Waals surface area contributed by atoms with Gasteiger partial charge in [0.25, 0.3) is 0 Å². The molecule has 0 spiro atoms. The van der Waals surface area contributed by atoms with Gasteiger partial charge in [-0.25, -0.2) is 0 Å². The Hall–Kier alpha value is -0.790. The zero-order valence-electron chi connectivity index (χ0n) is 22.5. The van der Waals surface area contributed by atoms with Gasteiger partial charge in [-0.05, 0) is 116 Å². The van der Waals surface area contributed by atoms with Gasteiger partial charge in [0.1, 0.15) is 0 Å². The number of fused-ring (bicyclic) bond motifs is 5. The van der Waals surface area contributed by atoms with Gasteiger partial charge in [0.15, 0.2) is 0 Å². The molecule has 33 heavy (non-hydrogen) atoms. The first-order chi connectivity index (χ1) is 15.6. The van der Waals surface area contributed by atoms with Gasteiger partial charge in [0, 0.05) is 6.42 Å². The molecule has 4 aliphatic carbocycles. The van der Waals surface area contributed by atoms with Crippen molar-refractivity contribution < 1.29 is 9.90 Å². The Bertz CT molecular complexity index is 737. The smallest absolute Gasteiger partial charge is 0.303 e. The number of aliphatic carboxylic acids is 1. The molecule has 0 saturated heterocycles.